The summed E-state index contributed by atoms with van der Waals surface area (Å²) in [4.78, 5) is 23.5. The van der Waals surface area contributed by atoms with Crippen LogP contribution in [0.3, 0.4) is 0 Å². The molecule has 13 heteroatoms. The number of hydrogen-bond donors (Lipinski definition) is 1. The minimum Gasteiger partial charge on any atom is -0.406 e. The van der Waals surface area contributed by atoms with Crippen LogP contribution in [0.2, 0.25) is 0 Å². The highest BCUT2D eigenvalue weighted by Gasteiger charge is 2.31. The molecule has 0 saturated carbocycles. The van der Waals surface area contributed by atoms with Crippen molar-refractivity contribution in [3.05, 3.63) is 89.7 Å². The summed E-state index contributed by atoms with van der Waals surface area (Å²) >= 11 is 1.53. The van der Waals surface area contributed by atoms with Crippen LogP contribution >= 0.6 is 11.8 Å². The summed E-state index contributed by atoms with van der Waals surface area (Å²) in [5.74, 6) is 0.283. The third-order valence-corrected chi connectivity index (χ3v) is 7.99. The predicted octanol–water partition coefficient (Wildman–Crippen LogP) is 7.02. The number of halogens is 3. The van der Waals surface area contributed by atoms with E-state index in [4.69, 9.17) is 0 Å². The average Bonchev–Trinajstić information content (AvgIpc) is 3.69. The number of anilines is 1. The van der Waals surface area contributed by atoms with Crippen LogP contribution in [0.25, 0.3) is 17.1 Å². The van der Waals surface area contributed by atoms with Crippen molar-refractivity contribution in [1.29, 1.82) is 5.26 Å². The molecule has 0 spiro atoms. The first-order valence-corrected chi connectivity index (χ1v) is 15.3. The fourth-order valence-corrected chi connectivity index (χ4v) is 5.81. The number of aliphatic imine (C=N–C) groups is 1. The standard InChI is InChI=1S/C32H30F3N7O2S/c1-3-4-23-6-5-21(2)17-28(23)41-15-16-45-31(41)39-30(43)37-19-25(18-36)22-7-9-24(10-8-22)29-38-20-42(40-29)26-11-13-27(14-12-26)44-32(33,34)35/h5-14,17,20,25H,3-4,15-16,19H2,1-2H3,(H,37,43)/b39-31-. The van der Waals surface area contributed by atoms with E-state index in [0.29, 0.717) is 27.8 Å². The van der Waals surface area contributed by atoms with Crippen LogP contribution < -0.4 is 15.0 Å². The van der Waals surface area contributed by atoms with Gasteiger partial charge in [0, 0.05) is 30.1 Å². The molecular formula is C32H30F3N7O2S. The number of hydrogen-bond acceptors (Lipinski definition) is 6. The van der Waals surface area contributed by atoms with Gasteiger partial charge in [0.1, 0.15) is 12.1 Å². The molecule has 45 heavy (non-hydrogen) atoms. The van der Waals surface area contributed by atoms with Gasteiger partial charge in [0.15, 0.2) is 11.0 Å². The summed E-state index contributed by atoms with van der Waals surface area (Å²) in [6, 6.07) is 20.5. The molecule has 1 N–H and O–H groups in total. The van der Waals surface area contributed by atoms with Crippen LogP contribution in [-0.2, 0) is 6.42 Å². The topological polar surface area (TPSA) is 108 Å². The second-order valence-corrected chi connectivity index (χ2v) is 11.4. The molecule has 1 atom stereocenters. The van der Waals surface area contributed by atoms with E-state index in [1.807, 2.05) is 6.92 Å². The summed E-state index contributed by atoms with van der Waals surface area (Å²) < 4.78 is 42.6. The van der Waals surface area contributed by atoms with Crippen LogP contribution in [0.15, 0.2) is 78.0 Å². The Hall–Kier alpha value is -4.83. The van der Waals surface area contributed by atoms with Gasteiger partial charge in [-0.25, -0.2) is 14.5 Å². The molecular weight excluding hydrogens is 603 g/mol. The van der Waals surface area contributed by atoms with E-state index >= 15 is 0 Å². The highest BCUT2D eigenvalue weighted by molar-refractivity contribution is 8.14. The Morgan fingerprint density at radius 1 is 1.16 bits per heavy atom. The Kier molecular flexibility index (Phi) is 9.73. The Balaban J connectivity index is 1.21. The lowest BCUT2D eigenvalue weighted by molar-refractivity contribution is -0.274. The van der Waals surface area contributed by atoms with Gasteiger partial charge < -0.3 is 15.0 Å². The molecule has 9 nitrogen and oxygen atoms in total. The van der Waals surface area contributed by atoms with Gasteiger partial charge >= 0.3 is 12.4 Å². The molecule has 2 amide bonds. The van der Waals surface area contributed by atoms with E-state index in [0.717, 1.165) is 36.4 Å². The predicted molar refractivity (Wildman–Crippen MR) is 168 cm³/mol. The summed E-state index contributed by atoms with van der Waals surface area (Å²) in [5.41, 5.74) is 5.33. The van der Waals surface area contributed by atoms with Gasteiger partial charge in [0.25, 0.3) is 0 Å². The number of aryl methyl sites for hydroxylation is 2. The van der Waals surface area contributed by atoms with E-state index in [-0.39, 0.29) is 12.3 Å². The number of nitriles is 1. The zero-order valence-electron chi connectivity index (χ0n) is 24.6. The third-order valence-electron chi connectivity index (χ3n) is 7.04. The second kappa shape index (κ2) is 13.9. The number of nitrogens with one attached hydrogen (secondary N) is 1. The van der Waals surface area contributed by atoms with Crippen LogP contribution in [-0.4, -0.2) is 51.2 Å². The number of amides is 2. The van der Waals surface area contributed by atoms with Crippen molar-refractivity contribution in [3.8, 4) is 28.9 Å². The highest BCUT2D eigenvalue weighted by atomic mass is 32.2. The second-order valence-electron chi connectivity index (χ2n) is 10.3. The first-order valence-electron chi connectivity index (χ1n) is 14.3. The highest BCUT2D eigenvalue weighted by Crippen LogP contribution is 2.31. The van der Waals surface area contributed by atoms with E-state index in [1.54, 1.807) is 24.3 Å². The van der Waals surface area contributed by atoms with Gasteiger partial charge in [-0.05, 0) is 60.4 Å². The molecule has 5 rings (SSSR count). The minimum absolute atomic E-state index is 0.0859. The van der Waals surface area contributed by atoms with Crippen molar-refractivity contribution in [2.75, 3.05) is 23.7 Å². The first-order chi connectivity index (χ1) is 21.6. The maximum Gasteiger partial charge on any atom is 0.573 e. The molecule has 1 aliphatic heterocycles. The van der Waals surface area contributed by atoms with Gasteiger partial charge in [-0.3, -0.25) is 0 Å². The number of benzene rings is 3. The molecule has 1 fully saturated rings. The normalized spacial score (nSPS) is 14.8. The van der Waals surface area contributed by atoms with Crippen molar-refractivity contribution >= 4 is 28.6 Å². The summed E-state index contributed by atoms with van der Waals surface area (Å²) in [6.07, 6.45) is -1.36. The number of ether oxygens (including phenoxy) is 1. The summed E-state index contributed by atoms with van der Waals surface area (Å²) in [7, 11) is 0. The zero-order chi connectivity index (χ0) is 32.0. The molecule has 2 heterocycles. The van der Waals surface area contributed by atoms with E-state index in [9.17, 15) is 23.2 Å². The van der Waals surface area contributed by atoms with Gasteiger partial charge in [0.2, 0.25) is 0 Å². The fraction of sp³-hybridized carbons (Fsp3) is 0.281. The zero-order valence-corrected chi connectivity index (χ0v) is 25.4. The summed E-state index contributed by atoms with van der Waals surface area (Å²) in [5, 5.41) is 17.7. The maximum atomic E-state index is 12.8. The van der Waals surface area contributed by atoms with Crippen LogP contribution in [0, 0.1) is 18.3 Å². The Labute approximate surface area is 262 Å². The minimum atomic E-state index is -4.77. The summed E-state index contributed by atoms with van der Waals surface area (Å²) in [6.45, 7) is 5.04. The number of urea groups is 1. The molecule has 1 unspecified atom stereocenters. The fourth-order valence-electron chi connectivity index (χ4n) is 4.86. The van der Waals surface area contributed by atoms with E-state index < -0.39 is 18.3 Å². The number of carbonyl (C=O) groups is 1. The Bertz CT molecular complexity index is 1710. The lowest BCUT2D eigenvalue weighted by Crippen LogP contribution is -2.30. The number of thioether (sulfide) groups is 1. The number of aromatic nitrogens is 3. The Morgan fingerprint density at radius 3 is 2.60 bits per heavy atom. The smallest absolute Gasteiger partial charge is 0.406 e. The SMILES string of the molecule is CCCc1ccc(C)cc1N1CCS/C1=N\C(=O)NCC(C#N)c1ccc(-c2ncn(-c3ccc(OC(F)(F)F)cc3)n2)cc1. The van der Waals surface area contributed by atoms with E-state index in [2.05, 4.69) is 61.2 Å². The number of carbonyl (C=O) groups excluding carboxylic acids is 1. The number of rotatable bonds is 9. The van der Waals surface area contributed by atoms with Crippen molar-refractivity contribution < 1.29 is 22.7 Å². The van der Waals surface area contributed by atoms with Crippen LogP contribution in [0.5, 0.6) is 5.75 Å². The molecule has 4 aromatic rings. The van der Waals surface area contributed by atoms with Gasteiger partial charge in [-0.1, -0.05) is 61.5 Å². The quantitative estimate of drug-likeness (QED) is 0.211. The lowest BCUT2D eigenvalue weighted by Gasteiger charge is -2.22. The van der Waals surface area contributed by atoms with Crippen molar-refractivity contribution in [3.63, 3.8) is 0 Å². The van der Waals surface area contributed by atoms with Gasteiger partial charge in [0.05, 0.1) is 17.7 Å². The van der Waals surface area contributed by atoms with Crippen LogP contribution in [0.1, 0.15) is 36.0 Å². The molecule has 0 bridgehead atoms. The monoisotopic (exact) mass is 633 g/mol. The van der Waals surface area contributed by atoms with Gasteiger partial charge in [-0.15, -0.1) is 18.3 Å². The van der Waals surface area contributed by atoms with Crippen molar-refractivity contribution in [2.24, 2.45) is 4.99 Å². The van der Waals surface area contributed by atoms with E-state index in [1.165, 1.54) is 52.6 Å². The van der Waals surface area contributed by atoms with Crippen molar-refractivity contribution in [1.82, 2.24) is 20.1 Å². The maximum absolute atomic E-state index is 12.8. The third kappa shape index (κ3) is 8.02. The molecule has 1 aliphatic rings. The first kappa shape index (κ1) is 31.6. The lowest BCUT2D eigenvalue weighted by atomic mass is 9.99. The molecule has 0 radical (unpaired) electrons. The molecule has 232 valence electrons. The molecule has 1 aromatic heterocycles. The molecule has 3 aromatic carbocycles. The largest absolute Gasteiger partial charge is 0.573 e. The number of nitrogens with zero attached hydrogens (tertiary/aromatic N) is 6. The molecule has 1 saturated heterocycles. The number of amidine groups is 1. The Morgan fingerprint density at radius 2 is 1.91 bits per heavy atom. The average molecular weight is 634 g/mol. The van der Waals surface area contributed by atoms with Crippen LogP contribution in [0.4, 0.5) is 23.7 Å². The van der Waals surface area contributed by atoms with Crippen molar-refractivity contribution in [2.45, 2.75) is 39.0 Å². The van der Waals surface area contributed by atoms with Gasteiger partial charge in [-0.2, -0.15) is 10.3 Å². The number of alkyl halides is 3. The molecule has 0 aliphatic carbocycles.